The van der Waals surface area contributed by atoms with Crippen molar-refractivity contribution in [1.82, 2.24) is 20.2 Å². The molecule has 0 aliphatic rings. The number of hydrogen-bond donors (Lipinski definition) is 1. The summed E-state index contributed by atoms with van der Waals surface area (Å²) in [7, 11) is 0. The molecule has 1 aromatic heterocycles. The van der Waals surface area contributed by atoms with Crippen LogP contribution in [0.4, 0.5) is 5.69 Å². The normalized spacial score (nSPS) is 10.7. The average Bonchev–Trinajstić information content (AvgIpc) is 2.87. The number of aryl methyl sites for hydroxylation is 2. The molecule has 0 aliphatic carbocycles. The third-order valence-electron chi connectivity index (χ3n) is 3.19. The lowest BCUT2D eigenvalue weighted by atomic mass is 10.1. The Bertz CT molecular complexity index is 760. The van der Waals surface area contributed by atoms with E-state index < -0.39 is 0 Å². The Morgan fingerprint density at radius 1 is 1.05 bits per heavy atom. The lowest BCUT2D eigenvalue weighted by Gasteiger charge is -2.09. The minimum absolute atomic E-state index is 0.684. The number of benzene rings is 2. The summed E-state index contributed by atoms with van der Waals surface area (Å²) >= 11 is 0. The molecule has 1 heterocycles. The largest absolute Gasteiger partial charge is 0.399 e. The van der Waals surface area contributed by atoms with Gasteiger partial charge in [0, 0.05) is 11.3 Å². The van der Waals surface area contributed by atoms with Crippen LogP contribution in [0.5, 0.6) is 0 Å². The van der Waals surface area contributed by atoms with Crippen LogP contribution in [0.3, 0.4) is 0 Å². The highest BCUT2D eigenvalue weighted by atomic mass is 15.5. The first-order valence-electron chi connectivity index (χ1n) is 6.37. The highest BCUT2D eigenvalue weighted by molar-refractivity contribution is 5.63. The lowest BCUT2D eigenvalue weighted by Crippen LogP contribution is -2.02. The van der Waals surface area contributed by atoms with Gasteiger partial charge in [-0.15, -0.1) is 5.10 Å². The molecule has 2 aromatic carbocycles. The van der Waals surface area contributed by atoms with Crippen LogP contribution in [0.1, 0.15) is 11.1 Å². The standard InChI is InChI=1S/C15H15N5/c1-10-6-7-14(11(2)8-10)20-15(17-18-19-20)12-4-3-5-13(16)9-12/h3-9H,16H2,1-2H3. The Balaban J connectivity index is 2.15. The first-order valence-corrected chi connectivity index (χ1v) is 6.37. The first kappa shape index (κ1) is 12.3. The number of rotatable bonds is 2. The number of anilines is 1. The molecule has 0 unspecified atom stereocenters. The highest BCUT2D eigenvalue weighted by Crippen LogP contribution is 2.23. The van der Waals surface area contributed by atoms with Crippen molar-refractivity contribution in [2.24, 2.45) is 0 Å². The van der Waals surface area contributed by atoms with E-state index >= 15 is 0 Å². The Morgan fingerprint density at radius 3 is 2.65 bits per heavy atom. The summed E-state index contributed by atoms with van der Waals surface area (Å²) in [6.07, 6.45) is 0. The van der Waals surface area contributed by atoms with Gasteiger partial charge in [-0.3, -0.25) is 0 Å². The van der Waals surface area contributed by atoms with E-state index in [-0.39, 0.29) is 0 Å². The predicted molar refractivity (Wildman–Crippen MR) is 78.5 cm³/mol. The van der Waals surface area contributed by atoms with Crippen molar-refractivity contribution in [1.29, 1.82) is 0 Å². The number of nitrogen functional groups attached to an aromatic ring is 1. The maximum absolute atomic E-state index is 5.83. The molecule has 0 amide bonds. The van der Waals surface area contributed by atoms with Gasteiger partial charge in [-0.25, -0.2) is 0 Å². The molecule has 0 spiro atoms. The van der Waals surface area contributed by atoms with Gasteiger partial charge in [0.15, 0.2) is 5.82 Å². The monoisotopic (exact) mass is 265 g/mol. The van der Waals surface area contributed by atoms with E-state index in [0.29, 0.717) is 11.5 Å². The second kappa shape index (κ2) is 4.77. The summed E-state index contributed by atoms with van der Waals surface area (Å²) in [4.78, 5) is 0. The van der Waals surface area contributed by atoms with E-state index in [9.17, 15) is 0 Å². The van der Waals surface area contributed by atoms with Crippen LogP contribution in [0.25, 0.3) is 17.1 Å². The molecule has 5 heteroatoms. The van der Waals surface area contributed by atoms with Gasteiger partial charge in [0.05, 0.1) is 5.69 Å². The van der Waals surface area contributed by atoms with Gasteiger partial charge in [0.25, 0.3) is 0 Å². The van der Waals surface area contributed by atoms with E-state index in [4.69, 9.17) is 5.73 Å². The summed E-state index contributed by atoms with van der Waals surface area (Å²) in [5.74, 6) is 0.684. The molecule has 100 valence electrons. The molecule has 0 saturated heterocycles. The summed E-state index contributed by atoms with van der Waals surface area (Å²) in [5.41, 5.74) is 10.7. The lowest BCUT2D eigenvalue weighted by molar-refractivity contribution is 0.787. The Morgan fingerprint density at radius 2 is 1.90 bits per heavy atom. The van der Waals surface area contributed by atoms with E-state index in [1.165, 1.54) is 5.56 Å². The molecule has 0 atom stereocenters. The Hall–Kier alpha value is -2.69. The Labute approximate surface area is 117 Å². The van der Waals surface area contributed by atoms with Gasteiger partial charge in [0.1, 0.15) is 0 Å². The predicted octanol–water partition coefficient (Wildman–Crippen LogP) is 2.53. The molecule has 0 saturated carbocycles. The second-order valence-electron chi connectivity index (χ2n) is 4.83. The van der Waals surface area contributed by atoms with E-state index in [0.717, 1.165) is 16.8 Å². The smallest absolute Gasteiger partial charge is 0.187 e. The third kappa shape index (κ3) is 2.14. The van der Waals surface area contributed by atoms with E-state index in [1.807, 2.05) is 43.3 Å². The van der Waals surface area contributed by atoms with Crippen LogP contribution < -0.4 is 5.73 Å². The zero-order chi connectivity index (χ0) is 14.1. The van der Waals surface area contributed by atoms with E-state index in [2.05, 4.69) is 28.5 Å². The highest BCUT2D eigenvalue weighted by Gasteiger charge is 2.12. The molecule has 3 rings (SSSR count). The van der Waals surface area contributed by atoms with Crippen molar-refractivity contribution in [3.63, 3.8) is 0 Å². The fraction of sp³-hybridized carbons (Fsp3) is 0.133. The maximum atomic E-state index is 5.83. The van der Waals surface area contributed by atoms with Crippen molar-refractivity contribution in [3.8, 4) is 17.1 Å². The number of aromatic nitrogens is 4. The fourth-order valence-corrected chi connectivity index (χ4v) is 2.25. The van der Waals surface area contributed by atoms with Crippen molar-refractivity contribution in [2.45, 2.75) is 13.8 Å². The number of nitrogens with two attached hydrogens (primary N) is 1. The summed E-state index contributed by atoms with van der Waals surface area (Å²) in [6, 6.07) is 13.7. The van der Waals surface area contributed by atoms with Crippen molar-refractivity contribution >= 4 is 5.69 Å². The summed E-state index contributed by atoms with van der Waals surface area (Å²) in [6.45, 7) is 4.11. The zero-order valence-electron chi connectivity index (χ0n) is 11.4. The fourth-order valence-electron chi connectivity index (χ4n) is 2.25. The molecular weight excluding hydrogens is 250 g/mol. The van der Waals surface area contributed by atoms with Gasteiger partial charge < -0.3 is 5.73 Å². The summed E-state index contributed by atoms with van der Waals surface area (Å²) in [5, 5.41) is 12.0. The van der Waals surface area contributed by atoms with Gasteiger partial charge in [0.2, 0.25) is 0 Å². The molecule has 2 N–H and O–H groups in total. The minimum Gasteiger partial charge on any atom is -0.399 e. The quantitative estimate of drug-likeness (QED) is 0.723. The average molecular weight is 265 g/mol. The van der Waals surface area contributed by atoms with Crippen LogP contribution in [0, 0.1) is 13.8 Å². The van der Waals surface area contributed by atoms with Crippen molar-refractivity contribution < 1.29 is 0 Å². The molecule has 0 bridgehead atoms. The molecular formula is C15H15N5. The number of tetrazole rings is 1. The van der Waals surface area contributed by atoms with Crippen LogP contribution in [-0.2, 0) is 0 Å². The maximum Gasteiger partial charge on any atom is 0.187 e. The zero-order valence-corrected chi connectivity index (χ0v) is 11.4. The van der Waals surface area contributed by atoms with Crippen molar-refractivity contribution in [2.75, 3.05) is 5.73 Å². The van der Waals surface area contributed by atoms with Gasteiger partial charge in [-0.05, 0) is 48.0 Å². The summed E-state index contributed by atoms with van der Waals surface area (Å²) < 4.78 is 1.74. The van der Waals surface area contributed by atoms with Crippen LogP contribution >= 0.6 is 0 Å². The molecule has 20 heavy (non-hydrogen) atoms. The molecule has 0 fully saturated rings. The van der Waals surface area contributed by atoms with Crippen molar-refractivity contribution in [3.05, 3.63) is 53.6 Å². The van der Waals surface area contributed by atoms with E-state index in [1.54, 1.807) is 4.68 Å². The molecule has 0 aliphatic heterocycles. The Kier molecular flexibility index (Phi) is 2.95. The van der Waals surface area contributed by atoms with Crippen LogP contribution in [0.2, 0.25) is 0 Å². The van der Waals surface area contributed by atoms with Gasteiger partial charge in [-0.1, -0.05) is 29.8 Å². The number of nitrogens with zero attached hydrogens (tertiary/aromatic N) is 4. The molecule has 0 radical (unpaired) electrons. The number of hydrogen-bond acceptors (Lipinski definition) is 4. The van der Waals surface area contributed by atoms with Gasteiger partial charge in [-0.2, -0.15) is 4.68 Å². The SMILES string of the molecule is Cc1ccc(-n2nnnc2-c2cccc(N)c2)c(C)c1. The molecule has 3 aromatic rings. The second-order valence-corrected chi connectivity index (χ2v) is 4.83. The minimum atomic E-state index is 0.684. The van der Waals surface area contributed by atoms with Gasteiger partial charge >= 0.3 is 0 Å². The van der Waals surface area contributed by atoms with Crippen LogP contribution in [-0.4, -0.2) is 20.2 Å². The topological polar surface area (TPSA) is 69.6 Å². The molecule has 5 nitrogen and oxygen atoms in total. The first-order chi connectivity index (χ1) is 9.65. The van der Waals surface area contributed by atoms with Crippen LogP contribution in [0.15, 0.2) is 42.5 Å². The third-order valence-corrected chi connectivity index (χ3v) is 3.19.